The van der Waals surface area contributed by atoms with Crippen LogP contribution in [0.1, 0.15) is 59.7 Å². The lowest BCUT2D eigenvalue weighted by Gasteiger charge is -2.40. The monoisotopic (exact) mass is 512 g/mol. The van der Waals surface area contributed by atoms with Gasteiger partial charge >= 0.3 is 6.18 Å². The van der Waals surface area contributed by atoms with Crippen molar-refractivity contribution in [2.75, 3.05) is 24.5 Å². The van der Waals surface area contributed by atoms with Crippen molar-refractivity contribution in [1.29, 1.82) is 0 Å². The number of piperidine rings is 2. The number of alkyl halides is 3. The van der Waals surface area contributed by atoms with Gasteiger partial charge < -0.3 is 10.2 Å². The van der Waals surface area contributed by atoms with E-state index in [-0.39, 0.29) is 36.2 Å². The molecule has 0 spiro atoms. The van der Waals surface area contributed by atoms with Crippen LogP contribution in [0, 0.1) is 11.2 Å². The highest BCUT2D eigenvalue weighted by atomic mass is 19.4. The molecule has 13 heteroatoms. The summed E-state index contributed by atoms with van der Waals surface area (Å²) < 4.78 is 52.1. The lowest BCUT2D eigenvalue weighted by molar-refractivity contribution is -0.154. The third kappa shape index (κ3) is 5.05. The summed E-state index contributed by atoms with van der Waals surface area (Å²) in [7, 11) is 0. The molecule has 0 radical (unpaired) electrons. The summed E-state index contributed by atoms with van der Waals surface area (Å²) >= 11 is 0. The molecular formula is C23H24F4N4O5. The second-order valence-corrected chi connectivity index (χ2v) is 9.66. The zero-order chi connectivity index (χ0) is 26.4. The third-order valence-corrected chi connectivity index (χ3v) is 6.89. The van der Waals surface area contributed by atoms with E-state index in [0.29, 0.717) is 25.9 Å². The molecule has 3 heterocycles. The van der Waals surface area contributed by atoms with E-state index in [1.54, 1.807) is 4.90 Å². The predicted molar refractivity (Wildman–Crippen MR) is 116 cm³/mol. The van der Waals surface area contributed by atoms with Gasteiger partial charge in [0, 0.05) is 26.1 Å². The van der Waals surface area contributed by atoms with Crippen LogP contribution in [0.3, 0.4) is 0 Å². The van der Waals surface area contributed by atoms with Gasteiger partial charge in [-0.3, -0.25) is 34.2 Å². The van der Waals surface area contributed by atoms with Crippen molar-refractivity contribution in [3.8, 4) is 0 Å². The van der Waals surface area contributed by atoms with Crippen molar-refractivity contribution in [2.45, 2.75) is 51.2 Å². The van der Waals surface area contributed by atoms with Crippen LogP contribution < -0.4 is 15.5 Å². The number of hydrogen-bond donors (Lipinski definition) is 2. The van der Waals surface area contributed by atoms with E-state index in [9.17, 15) is 37.1 Å². The van der Waals surface area contributed by atoms with Gasteiger partial charge in [-0.2, -0.15) is 13.2 Å². The Morgan fingerprint density at radius 3 is 2.31 bits per heavy atom. The molecule has 0 bridgehead atoms. The topological polar surface area (TPSA) is 116 Å². The van der Waals surface area contributed by atoms with Gasteiger partial charge in [0.25, 0.3) is 11.8 Å². The highest BCUT2D eigenvalue weighted by Gasteiger charge is 2.45. The fourth-order valence-electron chi connectivity index (χ4n) is 4.74. The number of rotatable bonds is 5. The maximum Gasteiger partial charge on any atom is 0.397 e. The van der Waals surface area contributed by atoms with Crippen LogP contribution in [0.2, 0.25) is 0 Å². The number of hydrogen-bond acceptors (Lipinski definition) is 6. The molecule has 36 heavy (non-hydrogen) atoms. The highest BCUT2D eigenvalue weighted by Crippen LogP contribution is 2.37. The molecule has 0 aliphatic carbocycles. The molecule has 2 N–H and O–H groups in total. The molecule has 2 fully saturated rings. The Morgan fingerprint density at radius 2 is 1.72 bits per heavy atom. The highest BCUT2D eigenvalue weighted by molar-refractivity contribution is 6.23. The first-order valence-electron chi connectivity index (χ1n) is 11.4. The minimum Gasteiger partial charge on any atom is -0.369 e. The summed E-state index contributed by atoms with van der Waals surface area (Å²) in [5.74, 6) is -4.67. The van der Waals surface area contributed by atoms with Gasteiger partial charge in [0.1, 0.15) is 18.3 Å². The molecule has 194 valence electrons. The minimum atomic E-state index is -4.59. The molecule has 2 saturated heterocycles. The molecule has 0 aromatic heterocycles. The first-order valence-corrected chi connectivity index (χ1v) is 11.4. The average molecular weight is 512 g/mol. The molecule has 1 aromatic carbocycles. The van der Waals surface area contributed by atoms with Gasteiger partial charge in [-0.15, -0.1) is 0 Å². The Kier molecular flexibility index (Phi) is 6.52. The second-order valence-electron chi connectivity index (χ2n) is 9.66. The van der Waals surface area contributed by atoms with Crippen molar-refractivity contribution in [3.63, 3.8) is 0 Å². The van der Waals surface area contributed by atoms with E-state index < -0.39 is 59.4 Å². The van der Waals surface area contributed by atoms with Crippen molar-refractivity contribution in [1.82, 2.24) is 15.5 Å². The summed E-state index contributed by atoms with van der Waals surface area (Å²) in [5, 5.41) is 4.41. The van der Waals surface area contributed by atoms with Crippen molar-refractivity contribution in [2.24, 2.45) is 5.41 Å². The number of imide groups is 2. The van der Waals surface area contributed by atoms with Gasteiger partial charge in [0.05, 0.1) is 16.8 Å². The Bertz CT molecular complexity index is 1140. The number of nitrogens with one attached hydrogen (secondary N) is 2. The smallest absolute Gasteiger partial charge is 0.369 e. The van der Waals surface area contributed by atoms with E-state index in [2.05, 4.69) is 10.6 Å². The van der Waals surface area contributed by atoms with Gasteiger partial charge in [-0.25, -0.2) is 4.39 Å². The van der Waals surface area contributed by atoms with Crippen LogP contribution in [-0.2, 0) is 14.4 Å². The number of amides is 5. The van der Waals surface area contributed by atoms with Crippen LogP contribution in [0.5, 0.6) is 0 Å². The van der Waals surface area contributed by atoms with Gasteiger partial charge in [0.2, 0.25) is 17.7 Å². The lowest BCUT2D eigenvalue weighted by Crippen LogP contribution is -2.54. The fourth-order valence-corrected chi connectivity index (χ4v) is 4.74. The summed E-state index contributed by atoms with van der Waals surface area (Å²) in [6, 6.07) is 1.07. The number of benzene rings is 1. The third-order valence-electron chi connectivity index (χ3n) is 6.89. The van der Waals surface area contributed by atoms with Crippen LogP contribution in [0.4, 0.5) is 23.2 Å². The number of fused-ring (bicyclic) bond motifs is 1. The zero-order valence-electron chi connectivity index (χ0n) is 19.3. The standard InChI is InChI=1S/C23H24F4N4O5/c1-22(11-28-18(33)10-23(25,26)27)4-6-30(7-5-22)16-9-13-12(8-14(16)24)20(35)31(21(13)36)15-2-3-17(32)29-19(15)34/h8-9,15H,2-7,10-11H2,1H3,(H,28,33)(H,29,32,34). The van der Waals surface area contributed by atoms with E-state index in [4.69, 9.17) is 0 Å². The largest absolute Gasteiger partial charge is 0.397 e. The first-order chi connectivity index (χ1) is 16.8. The molecular weight excluding hydrogens is 488 g/mol. The molecule has 9 nitrogen and oxygen atoms in total. The number of carbonyl (C=O) groups excluding carboxylic acids is 5. The van der Waals surface area contributed by atoms with Crippen molar-refractivity contribution < 1.29 is 41.5 Å². The lowest BCUT2D eigenvalue weighted by atomic mass is 9.80. The predicted octanol–water partition coefficient (Wildman–Crippen LogP) is 1.90. The fraction of sp³-hybridized carbons (Fsp3) is 0.522. The molecule has 1 aromatic rings. The van der Waals surface area contributed by atoms with E-state index in [1.807, 2.05) is 6.92 Å². The Balaban J connectivity index is 1.44. The summed E-state index contributed by atoms with van der Waals surface area (Å²) in [5.41, 5.74) is -0.628. The maximum absolute atomic E-state index is 15.0. The van der Waals surface area contributed by atoms with Gasteiger partial charge in [0.15, 0.2) is 0 Å². The molecule has 5 amide bonds. The van der Waals surface area contributed by atoms with E-state index in [1.165, 1.54) is 6.07 Å². The Labute approximate surface area is 203 Å². The number of nitrogens with zero attached hydrogens (tertiary/aromatic N) is 2. The van der Waals surface area contributed by atoms with Crippen LogP contribution in [0.15, 0.2) is 12.1 Å². The number of anilines is 1. The molecule has 4 rings (SSSR count). The van der Waals surface area contributed by atoms with Gasteiger partial charge in [-0.05, 0) is 36.8 Å². The first kappa shape index (κ1) is 25.6. The molecule has 3 aliphatic rings. The summed E-state index contributed by atoms with van der Waals surface area (Å²) in [4.78, 5) is 63.4. The van der Waals surface area contributed by atoms with Crippen molar-refractivity contribution in [3.05, 3.63) is 29.1 Å². The van der Waals surface area contributed by atoms with Gasteiger partial charge in [-0.1, -0.05) is 6.92 Å². The average Bonchev–Trinajstić information content (AvgIpc) is 3.01. The summed E-state index contributed by atoms with van der Waals surface area (Å²) in [6.45, 7) is 2.47. The Morgan fingerprint density at radius 1 is 1.11 bits per heavy atom. The Hall–Kier alpha value is -3.51. The molecule has 0 saturated carbocycles. The summed E-state index contributed by atoms with van der Waals surface area (Å²) in [6.07, 6.45) is -5.33. The SMILES string of the molecule is CC1(CNC(=O)CC(F)(F)F)CCN(c2cc3c(cc2F)C(=O)N(C2CCC(=O)NC2=O)C3=O)CC1. The number of halogens is 4. The van der Waals surface area contributed by atoms with Crippen LogP contribution in [0.25, 0.3) is 0 Å². The van der Waals surface area contributed by atoms with Crippen LogP contribution >= 0.6 is 0 Å². The normalized spacial score (nSPS) is 22.0. The second kappa shape index (κ2) is 9.17. The quantitative estimate of drug-likeness (QED) is 0.460. The number of carbonyl (C=O) groups is 5. The van der Waals surface area contributed by atoms with Crippen LogP contribution in [-0.4, -0.2) is 66.3 Å². The minimum absolute atomic E-state index is 0.0182. The van der Waals surface area contributed by atoms with E-state index in [0.717, 1.165) is 11.0 Å². The molecule has 3 aliphatic heterocycles. The molecule has 1 atom stereocenters. The zero-order valence-corrected chi connectivity index (χ0v) is 19.3. The van der Waals surface area contributed by atoms with E-state index >= 15 is 4.39 Å². The maximum atomic E-state index is 15.0. The van der Waals surface area contributed by atoms with Crippen molar-refractivity contribution >= 4 is 35.2 Å². The molecule has 1 unspecified atom stereocenters.